The van der Waals surface area contributed by atoms with E-state index in [-0.39, 0.29) is 18.7 Å². The van der Waals surface area contributed by atoms with Crippen LogP contribution in [0.4, 0.5) is 9.59 Å². The van der Waals surface area contributed by atoms with Crippen LogP contribution in [0, 0.1) is 0 Å². The minimum atomic E-state index is -0.707. The van der Waals surface area contributed by atoms with Gasteiger partial charge in [0.25, 0.3) is 0 Å². The van der Waals surface area contributed by atoms with Crippen LogP contribution >= 0.6 is 0 Å². The quantitative estimate of drug-likeness (QED) is 0.413. The van der Waals surface area contributed by atoms with Gasteiger partial charge in [-0.25, -0.2) is 14.4 Å². The Labute approximate surface area is 242 Å². The standard InChI is InChI=1S/C31H41N5O5/c1-4-16-32-30(38)35-18-11-17-34(19-20-35)22-26-27(29(37)40-6-3)28(33-31(39)36(26)5-2)23-12-10-15-25(21-23)41-24-13-8-7-9-14-24/h7-10,12-15,21,28H,4-6,11,16-20,22H2,1-3H3,(H,32,38)(H,33,39)/t28-/m0/s1. The number of nitrogens with one attached hydrogen (secondary N) is 2. The fraction of sp³-hybridized carbons (Fsp3) is 0.452. The number of ether oxygens (including phenoxy) is 2. The molecule has 10 heteroatoms. The Morgan fingerprint density at radius 1 is 0.976 bits per heavy atom. The van der Waals surface area contributed by atoms with Crippen LogP contribution in [-0.4, -0.2) is 85.2 Å². The summed E-state index contributed by atoms with van der Waals surface area (Å²) in [4.78, 5) is 45.1. The first-order valence-corrected chi connectivity index (χ1v) is 14.5. The lowest BCUT2D eigenvalue weighted by Gasteiger charge is -2.38. The van der Waals surface area contributed by atoms with Gasteiger partial charge in [0.1, 0.15) is 11.5 Å². The fourth-order valence-electron chi connectivity index (χ4n) is 5.18. The molecule has 1 fully saturated rings. The lowest BCUT2D eigenvalue weighted by atomic mass is 9.94. The van der Waals surface area contributed by atoms with Crippen LogP contribution in [0.3, 0.4) is 0 Å². The summed E-state index contributed by atoms with van der Waals surface area (Å²) in [5, 5.41) is 5.98. The second-order valence-electron chi connectivity index (χ2n) is 10.0. The Morgan fingerprint density at radius 3 is 2.49 bits per heavy atom. The number of urea groups is 2. The number of amides is 4. The first-order chi connectivity index (χ1) is 19.9. The minimum Gasteiger partial charge on any atom is -0.463 e. The molecular formula is C31H41N5O5. The highest BCUT2D eigenvalue weighted by molar-refractivity contribution is 5.95. The van der Waals surface area contributed by atoms with Crippen LogP contribution in [0.5, 0.6) is 11.5 Å². The Morgan fingerprint density at radius 2 is 1.76 bits per heavy atom. The number of carbonyl (C=O) groups excluding carboxylic acids is 3. The molecule has 0 aromatic heterocycles. The topological polar surface area (TPSA) is 103 Å². The molecule has 2 heterocycles. The van der Waals surface area contributed by atoms with Gasteiger partial charge in [0.15, 0.2) is 0 Å². The molecule has 2 aliphatic rings. The van der Waals surface area contributed by atoms with Gasteiger partial charge >= 0.3 is 18.0 Å². The molecule has 0 aliphatic carbocycles. The second-order valence-corrected chi connectivity index (χ2v) is 10.0. The van der Waals surface area contributed by atoms with E-state index in [9.17, 15) is 14.4 Å². The average Bonchev–Trinajstić information content (AvgIpc) is 3.22. The van der Waals surface area contributed by atoms with Gasteiger partial charge in [-0.1, -0.05) is 37.3 Å². The van der Waals surface area contributed by atoms with Crippen molar-refractivity contribution >= 4 is 18.0 Å². The van der Waals surface area contributed by atoms with Crippen molar-refractivity contribution in [1.82, 2.24) is 25.3 Å². The van der Waals surface area contributed by atoms with Gasteiger partial charge in [0.2, 0.25) is 0 Å². The smallest absolute Gasteiger partial charge is 0.338 e. The molecule has 2 aliphatic heterocycles. The molecule has 0 radical (unpaired) electrons. The Bertz CT molecular complexity index is 1230. The van der Waals surface area contributed by atoms with Crippen LogP contribution in [0.2, 0.25) is 0 Å². The van der Waals surface area contributed by atoms with Crippen molar-refractivity contribution in [3.8, 4) is 11.5 Å². The minimum absolute atomic E-state index is 0.0509. The van der Waals surface area contributed by atoms with Crippen molar-refractivity contribution in [1.29, 1.82) is 0 Å². The monoisotopic (exact) mass is 563 g/mol. The second kappa shape index (κ2) is 14.5. The summed E-state index contributed by atoms with van der Waals surface area (Å²) >= 11 is 0. The molecule has 2 aromatic rings. The van der Waals surface area contributed by atoms with E-state index in [1.165, 1.54) is 0 Å². The third kappa shape index (κ3) is 7.58. The Hall–Kier alpha value is -4.05. The van der Waals surface area contributed by atoms with E-state index in [2.05, 4.69) is 15.5 Å². The van der Waals surface area contributed by atoms with Gasteiger partial charge in [-0.05, 0) is 56.5 Å². The van der Waals surface area contributed by atoms with Crippen LogP contribution < -0.4 is 15.4 Å². The number of para-hydroxylation sites is 1. The summed E-state index contributed by atoms with van der Waals surface area (Å²) in [6, 6.07) is 15.8. The van der Waals surface area contributed by atoms with Gasteiger partial charge in [0, 0.05) is 51.5 Å². The summed E-state index contributed by atoms with van der Waals surface area (Å²) in [7, 11) is 0. The SMILES string of the molecule is CCCNC(=O)N1CCCN(CC2=C(C(=O)OCC)[C@H](c3cccc(Oc4ccccc4)c3)NC(=O)N2CC)CC1. The van der Waals surface area contributed by atoms with Crippen molar-refractivity contribution in [2.24, 2.45) is 0 Å². The maximum Gasteiger partial charge on any atom is 0.338 e. The molecule has 41 heavy (non-hydrogen) atoms. The molecule has 0 unspecified atom stereocenters. The van der Waals surface area contributed by atoms with Crippen molar-refractivity contribution < 1.29 is 23.9 Å². The number of hydrogen-bond acceptors (Lipinski definition) is 6. The summed E-state index contributed by atoms with van der Waals surface area (Å²) in [6.07, 6.45) is 1.68. The van der Waals surface area contributed by atoms with E-state index in [1.807, 2.05) is 73.3 Å². The lowest BCUT2D eigenvalue weighted by molar-refractivity contribution is -0.139. The maximum absolute atomic E-state index is 13.5. The normalized spacial score (nSPS) is 18.0. The molecule has 1 atom stereocenters. The highest BCUT2D eigenvalue weighted by atomic mass is 16.5. The zero-order valence-electron chi connectivity index (χ0n) is 24.2. The summed E-state index contributed by atoms with van der Waals surface area (Å²) in [5.41, 5.74) is 1.75. The Balaban J connectivity index is 1.64. The van der Waals surface area contributed by atoms with E-state index in [1.54, 1.807) is 11.8 Å². The largest absolute Gasteiger partial charge is 0.463 e. The summed E-state index contributed by atoms with van der Waals surface area (Å²) in [5.74, 6) is 0.824. The van der Waals surface area contributed by atoms with E-state index in [0.29, 0.717) is 62.0 Å². The average molecular weight is 564 g/mol. The molecule has 2 N–H and O–H groups in total. The highest BCUT2D eigenvalue weighted by Gasteiger charge is 2.38. The number of nitrogens with zero attached hydrogens (tertiary/aromatic N) is 3. The van der Waals surface area contributed by atoms with Crippen LogP contribution in [0.1, 0.15) is 45.2 Å². The molecule has 2 aromatic carbocycles. The number of likely N-dealkylation sites (N-methyl/N-ethyl adjacent to an activating group) is 1. The first kappa shape index (κ1) is 29.9. The molecule has 0 saturated carbocycles. The number of esters is 1. The molecule has 220 valence electrons. The van der Waals surface area contributed by atoms with Crippen LogP contribution in [0.15, 0.2) is 65.9 Å². The summed E-state index contributed by atoms with van der Waals surface area (Å²) < 4.78 is 11.6. The van der Waals surface area contributed by atoms with Gasteiger partial charge in [-0.3, -0.25) is 9.80 Å². The van der Waals surface area contributed by atoms with Gasteiger partial charge in [-0.15, -0.1) is 0 Å². The van der Waals surface area contributed by atoms with Crippen LogP contribution in [0.25, 0.3) is 0 Å². The highest BCUT2D eigenvalue weighted by Crippen LogP contribution is 2.34. The lowest BCUT2D eigenvalue weighted by Crippen LogP contribution is -2.51. The van der Waals surface area contributed by atoms with Crippen molar-refractivity contribution in [2.45, 2.75) is 39.7 Å². The first-order valence-electron chi connectivity index (χ1n) is 14.5. The number of rotatable bonds is 10. The molecular weight excluding hydrogens is 522 g/mol. The third-order valence-corrected chi connectivity index (χ3v) is 7.20. The third-order valence-electron chi connectivity index (χ3n) is 7.20. The number of carbonyl (C=O) groups is 3. The van der Waals surface area contributed by atoms with Crippen molar-refractivity contribution in [3.05, 3.63) is 71.4 Å². The molecule has 4 rings (SSSR count). The van der Waals surface area contributed by atoms with E-state index >= 15 is 0 Å². The van der Waals surface area contributed by atoms with E-state index in [0.717, 1.165) is 24.9 Å². The number of benzene rings is 2. The predicted octanol–water partition coefficient (Wildman–Crippen LogP) is 4.51. The fourth-order valence-corrected chi connectivity index (χ4v) is 5.18. The van der Waals surface area contributed by atoms with E-state index in [4.69, 9.17) is 9.47 Å². The van der Waals surface area contributed by atoms with Gasteiger partial charge in [0.05, 0.1) is 18.2 Å². The zero-order chi connectivity index (χ0) is 29.2. The summed E-state index contributed by atoms with van der Waals surface area (Å²) in [6.45, 7) is 9.92. The maximum atomic E-state index is 13.5. The zero-order valence-corrected chi connectivity index (χ0v) is 24.2. The van der Waals surface area contributed by atoms with Gasteiger partial charge < -0.3 is 25.0 Å². The molecule has 1 saturated heterocycles. The van der Waals surface area contributed by atoms with E-state index < -0.39 is 12.0 Å². The molecule has 0 bridgehead atoms. The van der Waals surface area contributed by atoms with Gasteiger partial charge in [-0.2, -0.15) is 0 Å². The number of hydrogen-bond donors (Lipinski definition) is 2. The van der Waals surface area contributed by atoms with Crippen molar-refractivity contribution in [3.63, 3.8) is 0 Å². The molecule has 0 spiro atoms. The molecule has 10 nitrogen and oxygen atoms in total. The predicted molar refractivity (Wildman–Crippen MR) is 157 cm³/mol. The van der Waals surface area contributed by atoms with Crippen molar-refractivity contribution in [2.75, 3.05) is 52.4 Å². The Kier molecular flexibility index (Phi) is 10.6. The molecule has 4 amide bonds. The van der Waals surface area contributed by atoms with Crippen LogP contribution in [-0.2, 0) is 9.53 Å².